The van der Waals surface area contributed by atoms with E-state index < -0.39 is 5.91 Å². The molecule has 1 aliphatic rings. The quantitative estimate of drug-likeness (QED) is 0.458. The number of piperazine rings is 1. The first-order valence-electron chi connectivity index (χ1n) is 10.8. The number of nitriles is 1. The first-order valence-corrected chi connectivity index (χ1v) is 10.8. The van der Waals surface area contributed by atoms with Crippen molar-refractivity contribution < 1.29 is 4.79 Å². The summed E-state index contributed by atoms with van der Waals surface area (Å²) in [6.07, 6.45) is 9.06. The minimum atomic E-state index is -0.578. The lowest BCUT2D eigenvalue weighted by Gasteiger charge is -2.37. The van der Waals surface area contributed by atoms with Gasteiger partial charge in [0.25, 0.3) is 0 Å². The van der Waals surface area contributed by atoms with Gasteiger partial charge in [0.15, 0.2) is 0 Å². The van der Waals surface area contributed by atoms with Gasteiger partial charge in [-0.25, -0.2) is 4.52 Å². The van der Waals surface area contributed by atoms with Crippen LogP contribution in [-0.4, -0.2) is 56.5 Å². The topological polar surface area (TPSA) is 121 Å². The number of carbonyl (C=O) groups is 1. The van der Waals surface area contributed by atoms with E-state index in [0.29, 0.717) is 11.3 Å². The first-order chi connectivity index (χ1) is 16.4. The number of hydrogen-bond donors (Lipinski definition) is 1. The van der Waals surface area contributed by atoms with Crippen LogP contribution in [-0.2, 0) is 11.8 Å². The second kappa shape index (κ2) is 8.37. The highest BCUT2D eigenvalue weighted by Crippen LogP contribution is 2.32. The summed E-state index contributed by atoms with van der Waals surface area (Å²) in [5.74, 6) is -0.578. The summed E-state index contributed by atoms with van der Waals surface area (Å²) >= 11 is 0. The van der Waals surface area contributed by atoms with Crippen molar-refractivity contribution in [2.75, 3.05) is 36.0 Å². The number of anilines is 2. The van der Waals surface area contributed by atoms with Crippen LogP contribution in [0.4, 0.5) is 11.4 Å². The van der Waals surface area contributed by atoms with E-state index in [1.54, 1.807) is 27.7 Å². The van der Waals surface area contributed by atoms with E-state index in [1.807, 2.05) is 31.7 Å². The normalized spacial score (nSPS) is 13.8. The smallest absolute Gasteiger partial charge is 0.250 e. The summed E-state index contributed by atoms with van der Waals surface area (Å²) < 4.78 is 3.54. The summed E-state index contributed by atoms with van der Waals surface area (Å²) in [4.78, 5) is 20.2. The molecule has 4 aromatic rings. The fraction of sp³-hybridized carbons (Fsp3) is 0.208. The number of nitrogens with two attached hydrogens (primary N) is 1. The maximum atomic E-state index is 11.3. The molecule has 0 saturated carbocycles. The Morgan fingerprint density at radius 1 is 1.06 bits per heavy atom. The SMILES string of the molecule is C=C(C(N)=O)c1ccc(N2CCN(c3cc(-c4cnn(C)c4)cn4ncc(C#N)c34)CC2)cn1. The largest absolute Gasteiger partial charge is 0.367 e. The van der Waals surface area contributed by atoms with Crippen molar-refractivity contribution in [1.82, 2.24) is 24.4 Å². The average Bonchev–Trinajstić information content (AvgIpc) is 3.49. The Hall–Kier alpha value is -4.65. The highest BCUT2D eigenvalue weighted by Gasteiger charge is 2.23. The van der Waals surface area contributed by atoms with E-state index in [0.717, 1.165) is 54.2 Å². The number of rotatable bonds is 5. The standard InChI is InChI=1S/C24H23N9O/c1-16(24(26)34)21-4-3-20(13-27-21)31-5-7-32(8-6-31)22-9-17(19-12-28-30(2)14-19)15-33-23(22)18(10-25)11-29-33/h3-4,9,11-15H,1,5-8H2,2H3,(H2,26,34). The molecule has 1 aliphatic heterocycles. The summed E-state index contributed by atoms with van der Waals surface area (Å²) in [6.45, 7) is 6.76. The molecule has 1 amide bonds. The summed E-state index contributed by atoms with van der Waals surface area (Å²) in [5.41, 5.74) is 11.2. The fourth-order valence-corrected chi connectivity index (χ4v) is 4.23. The molecule has 4 aromatic heterocycles. The van der Waals surface area contributed by atoms with Gasteiger partial charge >= 0.3 is 0 Å². The van der Waals surface area contributed by atoms with E-state index >= 15 is 0 Å². The molecule has 0 atom stereocenters. The first kappa shape index (κ1) is 21.2. The molecule has 0 spiro atoms. The minimum Gasteiger partial charge on any atom is -0.367 e. The van der Waals surface area contributed by atoms with E-state index in [2.05, 4.69) is 43.7 Å². The third kappa shape index (κ3) is 3.73. The number of amides is 1. The highest BCUT2D eigenvalue weighted by molar-refractivity contribution is 6.17. The van der Waals surface area contributed by atoms with Gasteiger partial charge in [-0.3, -0.25) is 14.5 Å². The molecule has 2 N–H and O–H groups in total. The molecule has 5 rings (SSSR count). The van der Waals surface area contributed by atoms with Gasteiger partial charge in [0.1, 0.15) is 11.6 Å². The zero-order valence-corrected chi connectivity index (χ0v) is 18.7. The van der Waals surface area contributed by atoms with Gasteiger partial charge in [-0.1, -0.05) is 6.58 Å². The molecule has 10 heteroatoms. The maximum absolute atomic E-state index is 11.3. The van der Waals surface area contributed by atoms with Crippen molar-refractivity contribution in [3.8, 4) is 17.2 Å². The molecule has 0 aromatic carbocycles. The van der Waals surface area contributed by atoms with Gasteiger partial charge in [0.2, 0.25) is 5.91 Å². The zero-order chi connectivity index (χ0) is 23.8. The number of hydrogen-bond acceptors (Lipinski definition) is 7. The molecule has 0 unspecified atom stereocenters. The summed E-state index contributed by atoms with van der Waals surface area (Å²) in [7, 11) is 1.88. The average molecular weight is 454 g/mol. The lowest BCUT2D eigenvalue weighted by atomic mass is 10.1. The Balaban J connectivity index is 1.41. The van der Waals surface area contributed by atoms with E-state index in [1.165, 1.54) is 0 Å². The molecule has 5 heterocycles. The van der Waals surface area contributed by atoms with Gasteiger partial charge in [-0.05, 0) is 18.2 Å². The van der Waals surface area contributed by atoms with Gasteiger partial charge in [0, 0.05) is 56.7 Å². The zero-order valence-electron chi connectivity index (χ0n) is 18.7. The van der Waals surface area contributed by atoms with E-state index in [4.69, 9.17) is 5.73 Å². The number of primary amides is 1. The maximum Gasteiger partial charge on any atom is 0.250 e. The van der Waals surface area contributed by atoms with Gasteiger partial charge in [0.05, 0.1) is 46.8 Å². The highest BCUT2D eigenvalue weighted by atomic mass is 16.1. The van der Waals surface area contributed by atoms with Crippen molar-refractivity contribution in [2.24, 2.45) is 12.8 Å². The van der Waals surface area contributed by atoms with Crippen molar-refractivity contribution in [2.45, 2.75) is 0 Å². The third-order valence-electron chi connectivity index (χ3n) is 6.09. The second-order valence-corrected chi connectivity index (χ2v) is 8.20. The number of carbonyl (C=O) groups excluding carboxylic acids is 1. The van der Waals surface area contributed by atoms with Crippen LogP contribution in [0.25, 0.3) is 22.2 Å². The van der Waals surface area contributed by atoms with Crippen molar-refractivity contribution >= 4 is 28.4 Å². The number of nitrogens with zero attached hydrogens (tertiary/aromatic N) is 8. The molecule has 0 aliphatic carbocycles. The number of pyridine rings is 2. The summed E-state index contributed by atoms with van der Waals surface area (Å²) in [5, 5.41) is 18.3. The summed E-state index contributed by atoms with van der Waals surface area (Å²) in [6, 6.07) is 8.07. The van der Waals surface area contributed by atoms with Crippen LogP contribution in [0.5, 0.6) is 0 Å². The Bertz CT molecular complexity index is 1430. The van der Waals surface area contributed by atoms with Crippen LogP contribution in [0.2, 0.25) is 0 Å². The van der Waals surface area contributed by atoms with E-state index in [9.17, 15) is 10.1 Å². The number of fused-ring (bicyclic) bond motifs is 1. The third-order valence-corrected chi connectivity index (χ3v) is 6.09. The molecule has 0 radical (unpaired) electrons. The Kier molecular flexibility index (Phi) is 5.22. The molecule has 1 saturated heterocycles. The molecule has 1 fully saturated rings. The molecular formula is C24H23N9O. The van der Waals surface area contributed by atoms with Crippen LogP contribution < -0.4 is 15.5 Å². The molecule has 10 nitrogen and oxygen atoms in total. The predicted octanol–water partition coefficient (Wildman–Crippen LogP) is 1.83. The van der Waals surface area contributed by atoms with Gasteiger partial charge < -0.3 is 15.5 Å². The molecule has 0 bridgehead atoms. The van der Waals surface area contributed by atoms with Crippen LogP contribution in [0.15, 0.2) is 55.8 Å². The Morgan fingerprint density at radius 2 is 1.82 bits per heavy atom. The van der Waals surface area contributed by atoms with Gasteiger partial charge in [-0.2, -0.15) is 15.5 Å². The Morgan fingerprint density at radius 3 is 2.44 bits per heavy atom. The van der Waals surface area contributed by atoms with Crippen LogP contribution in [0.1, 0.15) is 11.3 Å². The number of aryl methyl sites for hydroxylation is 1. The van der Waals surface area contributed by atoms with E-state index in [-0.39, 0.29) is 5.57 Å². The fourth-order valence-electron chi connectivity index (χ4n) is 4.23. The molecule has 34 heavy (non-hydrogen) atoms. The van der Waals surface area contributed by atoms with Gasteiger partial charge in [-0.15, -0.1) is 0 Å². The number of aromatic nitrogens is 5. The lowest BCUT2D eigenvalue weighted by Crippen LogP contribution is -2.46. The molecule has 170 valence electrons. The monoisotopic (exact) mass is 453 g/mol. The van der Waals surface area contributed by atoms with Crippen LogP contribution in [0, 0.1) is 11.3 Å². The second-order valence-electron chi connectivity index (χ2n) is 8.20. The predicted molar refractivity (Wildman–Crippen MR) is 129 cm³/mol. The van der Waals surface area contributed by atoms with Crippen LogP contribution >= 0.6 is 0 Å². The van der Waals surface area contributed by atoms with Crippen molar-refractivity contribution in [3.05, 3.63) is 67.0 Å². The Labute approximate surface area is 196 Å². The van der Waals surface area contributed by atoms with Crippen molar-refractivity contribution in [1.29, 1.82) is 5.26 Å². The molecular weight excluding hydrogens is 430 g/mol. The van der Waals surface area contributed by atoms with Crippen LogP contribution in [0.3, 0.4) is 0 Å². The minimum absolute atomic E-state index is 0.197. The lowest BCUT2D eigenvalue weighted by molar-refractivity contribution is -0.112. The van der Waals surface area contributed by atoms with Crippen molar-refractivity contribution in [3.63, 3.8) is 0 Å².